The van der Waals surface area contributed by atoms with Crippen molar-refractivity contribution in [3.8, 4) is 0 Å². The van der Waals surface area contributed by atoms with Crippen LogP contribution in [0.5, 0.6) is 0 Å². The van der Waals surface area contributed by atoms with Crippen LogP contribution in [0, 0.1) is 0 Å². The van der Waals surface area contributed by atoms with Crippen molar-refractivity contribution in [2.45, 2.75) is 38.8 Å². The fourth-order valence-corrected chi connectivity index (χ4v) is 3.01. The Kier molecular flexibility index (Phi) is 4.49. The van der Waals surface area contributed by atoms with Crippen molar-refractivity contribution in [2.75, 3.05) is 6.54 Å². The molecule has 6 nitrogen and oxygen atoms in total. The normalized spacial score (nSPS) is 13.7. The number of carbonyl (C=O) groups is 1. The predicted octanol–water partition coefficient (Wildman–Crippen LogP) is 1.72. The molecule has 7 heteroatoms. The van der Waals surface area contributed by atoms with Crippen LogP contribution in [-0.4, -0.2) is 27.1 Å². The molecule has 2 aromatic heterocycles. The van der Waals surface area contributed by atoms with Crippen LogP contribution in [0.1, 0.15) is 29.4 Å². The minimum atomic E-state index is -0.158. The summed E-state index contributed by atoms with van der Waals surface area (Å²) in [5.74, 6) is 1.18. The number of aromatic nitrogens is 3. The van der Waals surface area contributed by atoms with Gasteiger partial charge in [0, 0.05) is 43.7 Å². The van der Waals surface area contributed by atoms with Gasteiger partial charge in [-0.1, -0.05) is 0 Å². The maximum atomic E-state index is 11.7. The Labute approximate surface area is 127 Å². The topological polar surface area (TPSA) is 71.8 Å². The van der Waals surface area contributed by atoms with Gasteiger partial charge in [0.1, 0.15) is 10.8 Å². The molecule has 0 aliphatic carbocycles. The van der Waals surface area contributed by atoms with Crippen LogP contribution in [-0.2, 0) is 25.9 Å². The maximum Gasteiger partial charge on any atom is 0.315 e. The van der Waals surface area contributed by atoms with Crippen LogP contribution >= 0.6 is 11.3 Å². The van der Waals surface area contributed by atoms with Gasteiger partial charge in [0.15, 0.2) is 0 Å². The first-order valence-electron chi connectivity index (χ1n) is 7.26. The summed E-state index contributed by atoms with van der Waals surface area (Å²) < 4.78 is 2.24. The van der Waals surface area contributed by atoms with E-state index in [9.17, 15) is 4.79 Å². The van der Waals surface area contributed by atoms with E-state index in [1.807, 2.05) is 5.38 Å². The second-order valence-corrected chi connectivity index (χ2v) is 6.06. The van der Waals surface area contributed by atoms with Gasteiger partial charge in [0.05, 0.1) is 12.2 Å². The van der Waals surface area contributed by atoms with Gasteiger partial charge in [-0.05, 0) is 12.8 Å². The van der Waals surface area contributed by atoms with Crippen LogP contribution in [0.15, 0.2) is 17.8 Å². The number of fused-ring (bicyclic) bond motifs is 1. The Hall–Kier alpha value is -1.89. The summed E-state index contributed by atoms with van der Waals surface area (Å²) in [5.41, 5.74) is 1.06. The third-order valence-electron chi connectivity index (χ3n) is 3.51. The van der Waals surface area contributed by atoms with Crippen LogP contribution in [0.3, 0.4) is 0 Å². The third-order valence-corrected chi connectivity index (χ3v) is 4.29. The molecular weight excluding hydrogens is 286 g/mol. The standard InChI is InChI=1S/C14H19N5OS/c20-14(17-9-13-15-6-8-21-13)16-5-4-11-10-19-7-2-1-3-12(19)18-11/h6,8,10H,1-5,7,9H2,(H2,16,17,20). The fourth-order valence-electron chi connectivity index (χ4n) is 2.45. The number of thiazole rings is 1. The molecule has 0 saturated heterocycles. The van der Waals surface area contributed by atoms with E-state index < -0.39 is 0 Å². The highest BCUT2D eigenvalue weighted by Crippen LogP contribution is 2.14. The number of amides is 2. The Morgan fingerprint density at radius 2 is 2.33 bits per heavy atom. The number of carbonyl (C=O) groups excluding carboxylic acids is 1. The molecule has 0 fully saturated rings. The molecule has 2 aromatic rings. The minimum absolute atomic E-state index is 0.158. The predicted molar refractivity (Wildman–Crippen MR) is 81.2 cm³/mol. The summed E-state index contributed by atoms with van der Waals surface area (Å²) in [5, 5.41) is 8.45. The number of nitrogens with zero attached hydrogens (tertiary/aromatic N) is 3. The van der Waals surface area contributed by atoms with Crippen LogP contribution in [0.2, 0.25) is 0 Å². The summed E-state index contributed by atoms with van der Waals surface area (Å²) in [6.45, 7) is 2.15. The molecule has 1 aliphatic heterocycles. The van der Waals surface area contributed by atoms with E-state index in [4.69, 9.17) is 0 Å². The Morgan fingerprint density at radius 3 is 3.14 bits per heavy atom. The first-order valence-corrected chi connectivity index (χ1v) is 8.14. The molecular formula is C14H19N5OS. The van der Waals surface area contributed by atoms with Crippen molar-refractivity contribution in [3.05, 3.63) is 34.3 Å². The Bertz CT molecular complexity index is 569. The van der Waals surface area contributed by atoms with Crippen molar-refractivity contribution in [3.63, 3.8) is 0 Å². The zero-order valence-corrected chi connectivity index (χ0v) is 12.7. The molecule has 3 heterocycles. The number of urea groups is 1. The highest BCUT2D eigenvalue weighted by Gasteiger charge is 2.12. The number of hydrogen-bond acceptors (Lipinski definition) is 4. The summed E-state index contributed by atoms with van der Waals surface area (Å²) in [6.07, 6.45) is 8.16. The molecule has 2 amide bonds. The maximum absolute atomic E-state index is 11.7. The molecule has 0 aromatic carbocycles. The highest BCUT2D eigenvalue weighted by atomic mass is 32.1. The molecule has 0 unspecified atom stereocenters. The quantitative estimate of drug-likeness (QED) is 0.883. The minimum Gasteiger partial charge on any atom is -0.338 e. The van der Waals surface area contributed by atoms with Crippen molar-refractivity contribution >= 4 is 17.4 Å². The fraction of sp³-hybridized carbons (Fsp3) is 0.500. The van der Waals surface area contributed by atoms with Gasteiger partial charge in [-0.25, -0.2) is 14.8 Å². The lowest BCUT2D eigenvalue weighted by molar-refractivity contribution is 0.240. The van der Waals surface area contributed by atoms with Crippen LogP contribution < -0.4 is 10.6 Å². The molecule has 1 aliphatic rings. The second kappa shape index (κ2) is 6.71. The number of aryl methyl sites for hydroxylation is 2. The van der Waals surface area contributed by atoms with Crippen molar-refractivity contribution in [1.29, 1.82) is 0 Å². The molecule has 0 spiro atoms. The average molecular weight is 305 g/mol. The summed E-state index contributed by atoms with van der Waals surface area (Å²) in [7, 11) is 0. The molecule has 0 saturated carbocycles. The lowest BCUT2D eigenvalue weighted by Crippen LogP contribution is -2.36. The van der Waals surface area contributed by atoms with E-state index in [1.165, 1.54) is 30.0 Å². The first-order chi connectivity index (χ1) is 10.3. The Morgan fingerprint density at radius 1 is 1.38 bits per heavy atom. The van der Waals surface area contributed by atoms with E-state index in [2.05, 4.69) is 31.4 Å². The lowest BCUT2D eigenvalue weighted by atomic mass is 10.2. The third kappa shape index (κ3) is 3.81. The van der Waals surface area contributed by atoms with Crippen molar-refractivity contribution in [1.82, 2.24) is 25.2 Å². The van der Waals surface area contributed by atoms with E-state index in [1.54, 1.807) is 6.20 Å². The summed E-state index contributed by atoms with van der Waals surface area (Å²) in [6, 6.07) is -0.158. The molecule has 0 atom stereocenters. The summed E-state index contributed by atoms with van der Waals surface area (Å²) >= 11 is 1.53. The van der Waals surface area contributed by atoms with E-state index in [0.29, 0.717) is 13.1 Å². The second-order valence-electron chi connectivity index (χ2n) is 5.08. The number of nitrogens with one attached hydrogen (secondary N) is 2. The molecule has 3 rings (SSSR count). The number of hydrogen-bond donors (Lipinski definition) is 2. The zero-order valence-electron chi connectivity index (χ0n) is 11.8. The largest absolute Gasteiger partial charge is 0.338 e. The highest BCUT2D eigenvalue weighted by molar-refractivity contribution is 7.09. The molecule has 0 bridgehead atoms. The van der Waals surface area contributed by atoms with Crippen molar-refractivity contribution in [2.24, 2.45) is 0 Å². The zero-order chi connectivity index (χ0) is 14.5. The van der Waals surface area contributed by atoms with Gasteiger partial charge < -0.3 is 15.2 Å². The smallest absolute Gasteiger partial charge is 0.315 e. The van der Waals surface area contributed by atoms with Gasteiger partial charge in [-0.15, -0.1) is 11.3 Å². The van der Waals surface area contributed by atoms with Crippen LogP contribution in [0.25, 0.3) is 0 Å². The van der Waals surface area contributed by atoms with E-state index >= 15 is 0 Å². The van der Waals surface area contributed by atoms with Gasteiger partial charge in [-0.3, -0.25) is 0 Å². The molecule has 21 heavy (non-hydrogen) atoms. The number of imidazole rings is 1. The SMILES string of the molecule is O=C(NCCc1cn2c(n1)CCCC2)NCc1nccs1. The van der Waals surface area contributed by atoms with Gasteiger partial charge in [0.2, 0.25) is 0 Å². The summed E-state index contributed by atoms with van der Waals surface area (Å²) in [4.78, 5) is 20.4. The lowest BCUT2D eigenvalue weighted by Gasteiger charge is -2.11. The number of rotatable bonds is 5. The van der Waals surface area contributed by atoms with Gasteiger partial charge in [0.25, 0.3) is 0 Å². The van der Waals surface area contributed by atoms with Gasteiger partial charge >= 0.3 is 6.03 Å². The monoisotopic (exact) mass is 305 g/mol. The first kappa shape index (κ1) is 14.1. The average Bonchev–Trinajstić information content (AvgIpc) is 3.14. The Balaban J connectivity index is 1.39. The van der Waals surface area contributed by atoms with E-state index in [-0.39, 0.29) is 6.03 Å². The van der Waals surface area contributed by atoms with Crippen LogP contribution in [0.4, 0.5) is 4.79 Å². The molecule has 0 radical (unpaired) electrons. The van der Waals surface area contributed by atoms with Gasteiger partial charge in [-0.2, -0.15) is 0 Å². The molecule has 2 N–H and O–H groups in total. The molecule has 112 valence electrons. The van der Waals surface area contributed by atoms with E-state index in [0.717, 1.165) is 30.1 Å². The van der Waals surface area contributed by atoms with Crippen molar-refractivity contribution < 1.29 is 4.79 Å².